The molecule has 0 fully saturated rings. The van der Waals surface area contributed by atoms with Crippen molar-refractivity contribution < 1.29 is 19.1 Å². The van der Waals surface area contributed by atoms with Gasteiger partial charge >= 0.3 is 5.97 Å². The summed E-state index contributed by atoms with van der Waals surface area (Å²) in [6.07, 6.45) is 10.0. The first-order chi connectivity index (χ1) is 12.6. The molecule has 0 unspecified atom stereocenters. The van der Waals surface area contributed by atoms with E-state index in [1.165, 1.54) is 24.5 Å². The zero-order valence-electron chi connectivity index (χ0n) is 15.5. The summed E-state index contributed by atoms with van der Waals surface area (Å²) in [4.78, 5) is 23.9. The monoisotopic (exact) mass is 357 g/mol. The van der Waals surface area contributed by atoms with Crippen LogP contribution in [0.3, 0.4) is 0 Å². The van der Waals surface area contributed by atoms with Crippen LogP contribution in [0.5, 0.6) is 5.75 Å². The largest absolute Gasteiger partial charge is 0.497 e. The molecule has 0 radical (unpaired) electrons. The molecule has 140 valence electrons. The van der Waals surface area contributed by atoms with Gasteiger partial charge in [-0.25, -0.2) is 4.79 Å². The number of hydrogen-bond donors (Lipinski definition) is 1. The number of esters is 1. The third-order valence-electron chi connectivity index (χ3n) is 4.32. The number of ether oxygens (including phenoxy) is 2. The standard InChI is InChI=1S/C21H27NO4/c1-16(21(24)22-15-14-17-6-4-3-5-7-17)26-20(23)13-10-18-8-11-19(25-2)12-9-18/h6,8-13,16H,3-5,7,14-15H2,1-2H3,(H,22,24)/b13-10+/t16-/m0/s1. The first-order valence-electron chi connectivity index (χ1n) is 9.07. The highest BCUT2D eigenvalue weighted by atomic mass is 16.5. The highest BCUT2D eigenvalue weighted by Gasteiger charge is 2.16. The summed E-state index contributed by atoms with van der Waals surface area (Å²) in [6, 6.07) is 7.28. The lowest BCUT2D eigenvalue weighted by molar-refractivity contribution is -0.150. The van der Waals surface area contributed by atoms with E-state index in [2.05, 4.69) is 11.4 Å². The number of carbonyl (C=O) groups is 2. The van der Waals surface area contributed by atoms with Crippen LogP contribution in [0.25, 0.3) is 6.08 Å². The van der Waals surface area contributed by atoms with Gasteiger partial charge < -0.3 is 14.8 Å². The molecular formula is C21H27NO4. The number of carbonyl (C=O) groups excluding carboxylic acids is 2. The summed E-state index contributed by atoms with van der Waals surface area (Å²) in [5, 5.41) is 2.83. The second kappa shape index (κ2) is 10.4. The molecule has 0 saturated carbocycles. The third-order valence-corrected chi connectivity index (χ3v) is 4.32. The summed E-state index contributed by atoms with van der Waals surface area (Å²) in [5.74, 6) is -0.0647. The first-order valence-corrected chi connectivity index (χ1v) is 9.07. The SMILES string of the molecule is COc1ccc(/C=C/C(=O)O[C@@H](C)C(=O)NCCC2=CCCCC2)cc1. The summed E-state index contributed by atoms with van der Waals surface area (Å²) in [6.45, 7) is 2.16. The molecule has 2 rings (SSSR count). The van der Waals surface area contributed by atoms with Crippen LogP contribution in [0.1, 0.15) is 44.6 Å². The van der Waals surface area contributed by atoms with Crippen molar-refractivity contribution in [3.8, 4) is 5.75 Å². The smallest absolute Gasteiger partial charge is 0.331 e. The van der Waals surface area contributed by atoms with E-state index in [1.807, 2.05) is 24.3 Å². The van der Waals surface area contributed by atoms with Gasteiger partial charge in [0.05, 0.1) is 7.11 Å². The van der Waals surface area contributed by atoms with Crippen molar-refractivity contribution in [2.45, 2.75) is 45.1 Å². The predicted octanol–water partition coefficient (Wildman–Crippen LogP) is 3.65. The second-order valence-corrected chi connectivity index (χ2v) is 6.33. The lowest BCUT2D eigenvalue weighted by Gasteiger charge is -2.15. The minimum absolute atomic E-state index is 0.271. The fourth-order valence-corrected chi connectivity index (χ4v) is 2.77. The Hall–Kier alpha value is -2.56. The Morgan fingerprint density at radius 3 is 2.65 bits per heavy atom. The van der Waals surface area contributed by atoms with Gasteiger partial charge in [0.1, 0.15) is 5.75 Å². The molecule has 0 spiro atoms. The summed E-state index contributed by atoms with van der Waals surface area (Å²) >= 11 is 0. The Morgan fingerprint density at radius 1 is 1.23 bits per heavy atom. The molecule has 1 amide bonds. The number of rotatable bonds is 8. The molecule has 1 N–H and O–H groups in total. The second-order valence-electron chi connectivity index (χ2n) is 6.33. The topological polar surface area (TPSA) is 64.6 Å². The quantitative estimate of drug-likeness (QED) is 0.438. The zero-order chi connectivity index (χ0) is 18.8. The van der Waals surface area contributed by atoms with Gasteiger partial charge in [0, 0.05) is 12.6 Å². The molecule has 5 nitrogen and oxygen atoms in total. The Labute approximate surface area is 155 Å². The molecule has 1 aliphatic carbocycles. The molecule has 1 aromatic carbocycles. The Balaban J connectivity index is 1.71. The summed E-state index contributed by atoms with van der Waals surface area (Å²) < 4.78 is 10.2. The molecule has 1 aromatic rings. The van der Waals surface area contributed by atoms with Gasteiger partial charge in [-0.05, 0) is 62.8 Å². The van der Waals surface area contributed by atoms with E-state index in [1.54, 1.807) is 20.1 Å². The van der Waals surface area contributed by atoms with E-state index in [-0.39, 0.29) is 5.91 Å². The molecule has 0 bridgehead atoms. The molecule has 0 saturated heterocycles. The van der Waals surface area contributed by atoms with Crippen LogP contribution < -0.4 is 10.1 Å². The third kappa shape index (κ3) is 6.75. The van der Waals surface area contributed by atoms with Gasteiger partial charge in [0.2, 0.25) is 0 Å². The summed E-state index contributed by atoms with van der Waals surface area (Å²) in [7, 11) is 1.60. The van der Waals surface area contributed by atoms with E-state index in [4.69, 9.17) is 9.47 Å². The Morgan fingerprint density at radius 2 is 2.00 bits per heavy atom. The fraction of sp³-hybridized carbons (Fsp3) is 0.429. The molecular weight excluding hydrogens is 330 g/mol. The number of hydrogen-bond acceptors (Lipinski definition) is 4. The Bertz CT molecular complexity index is 661. The maximum absolute atomic E-state index is 12.0. The van der Waals surface area contributed by atoms with E-state index in [9.17, 15) is 9.59 Å². The van der Waals surface area contributed by atoms with Crippen LogP contribution in [0.2, 0.25) is 0 Å². The fourth-order valence-electron chi connectivity index (χ4n) is 2.77. The van der Waals surface area contributed by atoms with Crippen LogP contribution in [0, 0.1) is 0 Å². The van der Waals surface area contributed by atoms with Crippen LogP contribution in [0.4, 0.5) is 0 Å². The van der Waals surface area contributed by atoms with Gasteiger partial charge in [-0.1, -0.05) is 23.8 Å². The molecule has 26 heavy (non-hydrogen) atoms. The van der Waals surface area contributed by atoms with Crippen LogP contribution in [0.15, 0.2) is 42.0 Å². The van der Waals surface area contributed by atoms with Gasteiger partial charge in [0.25, 0.3) is 5.91 Å². The maximum atomic E-state index is 12.0. The molecule has 5 heteroatoms. The lowest BCUT2D eigenvalue weighted by Crippen LogP contribution is -2.36. The van der Waals surface area contributed by atoms with Crippen molar-refractivity contribution in [1.29, 1.82) is 0 Å². The molecule has 0 aromatic heterocycles. The average Bonchev–Trinajstić information content (AvgIpc) is 2.67. The first kappa shape index (κ1) is 19.8. The molecule has 1 atom stereocenters. The number of allylic oxidation sites excluding steroid dienone is 1. The number of nitrogens with one attached hydrogen (secondary N) is 1. The van der Waals surface area contributed by atoms with Crippen molar-refractivity contribution in [3.05, 3.63) is 47.6 Å². The minimum Gasteiger partial charge on any atom is -0.497 e. The lowest BCUT2D eigenvalue weighted by atomic mass is 9.97. The molecule has 1 aliphatic rings. The Kier molecular flexibility index (Phi) is 7.93. The number of benzene rings is 1. The molecule has 0 heterocycles. The van der Waals surface area contributed by atoms with Crippen molar-refractivity contribution >= 4 is 18.0 Å². The highest BCUT2D eigenvalue weighted by molar-refractivity contribution is 5.90. The number of methoxy groups -OCH3 is 1. The number of amides is 1. The van der Waals surface area contributed by atoms with E-state index < -0.39 is 12.1 Å². The van der Waals surface area contributed by atoms with E-state index >= 15 is 0 Å². The average molecular weight is 357 g/mol. The van der Waals surface area contributed by atoms with Gasteiger partial charge in [-0.2, -0.15) is 0 Å². The van der Waals surface area contributed by atoms with Crippen LogP contribution >= 0.6 is 0 Å². The van der Waals surface area contributed by atoms with Gasteiger partial charge in [-0.15, -0.1) is 0 Å². The van der Waals surface area contributed by atoms with Gasteiger partial charge in [0.15, 0.2) is 6.10 Å². The van der Waals surface area contributed by atoms with E-state index in [0.29, 0.717) is 6.54 Å². The highest BCUT2D eigenvalue weighted by Crippen LogP contribution is 2.19. The maximum Gasteiger partial charge on any atom is 0.331 e. The van der Waals surface area contributed by atoms with Gasteiger partial charge in [-0.3, -0.25) is 4.79 Å². The minimum atomic E-state index is -0.816. The zero-order valence-corrected chi connectivity index (χ0v) is 15.5. The van der Waals surface area contributed by atoms with Crippen molar-refractivity contribution in [2.75, 3.05) is 13.7 Å². The predicted molar refractivity (Wildman–Crippen MR) is 102 cm³/mol. The normalized spacial score (nSPS) is 15.2. The van der Waals surface area contributed by atoms with Crippen LogP contribution in [-0.4, -0.2) is 31.6 Å². The van der Waals surface area contributed by atoms with E-state index in [0.717, 1.165) is 30.6 Å². The van der Waals surface area contributed by atoms with Crippen LogP contribution in [-0.2, 0) is 14.3 Å². The van der Waals surface area contributed by atoms with Crippen molar-refractivity contribution in [3.63, 3.8) is 0 Å². The van der Waals surface area contributed by atoms with Crippen molar-refractivity contribution in [2.24, 2.45) is 0 Å². The summed E-state index contributed by atoms with van der Waals surface area (Å²) in [5.41, 5.74) is 2.25. The van der Waals surface area contributed by atoms with Crippen molar-refractivity contribution in [1.82, 2.24) is 5.32 Å². The molecule has 0 aliphatic heterocycles.